The Hall–Kier alpha value is -2.12. The first kappa shape index (κ1) is 18.7. The first-order valence-corrected chi connectivity index (χ1v) is 9.09. The molecule has 1 aromatic heterocycles. The molecule has 0 bridgehead atoms. The molecule has 0 saturated heterocycles. The van der Waals surface area contributed by atoms with Crippen LogP contribution in [0.25, 0.3) is 20.9 Å². The second-order valence-corrected chi connectivity index (χ2v) is 7.35. The number of nitrogens with zero attached hydrogens (tertiary/aromatic N) is 1. The summed E-state index contributed by atoms with van der Waals surface area (Å²) in [6.45, 7) is 1.42. The molecule has 7 heteroatoms. The molecule has 0 aliphatic heterocycles. The van der Waals surface area contributed by atoms with Crippen LogP contribution in [0.3, 0.4) is 0 Å². The predicted octanol–water partition coefficient (Wildman–Crippen LogP) is 4.75. The van der Waals surface area contributed by atoms with Crippen molar-refractivity contribution in [2.75, 3.05) is 27.2 Å². The summed E-state index contributed by atoms with van der Waals surface area (Å²) in [6, 6.07) is 7.08. The Morgan fingerprint density at radius 2 is 1.92 bits per heavy atom. The number of hydrogen-bond donors (Lipinski definition) is 1. The van der Waals surface area contributed by atoms with E-state index < -0.39 is 11.7 Å². The van der Waals surface area contributed by atoms with E-state index in [-0.39, 0.29) is 5.91 Å². The lowest BCUT2D eigenvalue weighted by atomic mass is 10.00. The molecular weight excluding hydrogens is 361 g/mol. The fraction of sp³-hybridized carbons (Fsp3) is 0.316. The van der Waals surface area contributed by atoms with Crippen molar-refractivity contribution >= 4 is 38.1 Å². The summed E-state index contributed by atoms with van der Waals surface area (Å²) in [5.74, 6) is -0.196. The van der Waals surface area contributed by atoms with E-state index in [1.165, 1.54) is 17.4 Å². The van der Waals surface area contributed by atoms with Crippen molar-refractivity contribution in [3.8, 4) is 0 Å². The van der Waals surface area contributed by atoms with Gasteiger partial charge in [-0.3, -0.25) is 4.79 Å². The molecule has 0 spiro atoms. The maximum atomic E-state index is 13.0. The van der Waals surface area contributed by atoms with Crippen molar-refractivity contribution < 1.29 is 18.0 Å². The summed E-state index contributed by atoms with van der Waals surface area (Å²) in [7, 11) is 3.94. The van der Waals surface area contributed by atoms with E-state index in [2.05, 4.69) is 5.32 Å². The highest BCUT2D eigenvalue weighted by Gasteiger charge is 2.30. The Kier molecular flexibility index (Phi) is 5.20. The smallest absolute Gasteiger partial charge is 0.352 e. The molecule has 1 amide bonds. The molecule has 3 nitrogen and oxygen atoms in total. The number of rotatable bonds is 5. The molecule has 3 rings (SSSR count). The average Bonchev–Trinajstić information content (AvgIpc) is 3.06. The second-order valence-electron chi connectivity index (χ2n) is 6.43. The number of amides is 1. The van der Waals surface area contributed by atoms with Crippen LogP contribution < -0.4 is 5.32 Å². The van der Waals surface area contributed by atoms with Crippen molar-refractivity contribution in [3.05, 3.63) is 46.8 Å². The molecule has 0 aliphatic rings. The zero-order valence-corrected chi connectivity index (χ0v) is 15.3. The summed E-state index contributed by atoms with van der Waals surface area (Å²) >= 11 is 1.36. The molecule has 0 radical (unpaired) electrons. The SMILES string of the molecule is CN(C)CCCNC(=O)c1cc2ccc(C(F)(F)F)cc2c2ccsc12. The van der Waals surface area contributed by atoms with E-state index in [1.807, 2.05) is 19.0 Å². The molecule has 0 atom stereocenters. The monoisotopic (exact) mass is 380 g/mol. The molecule has 1 heterocycles. The third-order valence-electron chi connectivity index (χ3n) is 4.19. The normalized spacial score (nSPS) is 12.2. The van der Waals surface area contributed by atoms with Crippen molar-refractivity contribution in [1.82, 2.24) is 10.2 Å². The van der Waals surface area contributed by atoms with Gasteiger partial charge in [-0.25, -0.2) is 0 Å². The molecule has 2 aromatic carbocycles. The van der Waals surface area contributed by atoms with E-state index in [1.54, 1.807) is 17.5 Å². The van der Waals surface area contributed by atoms with Gasteiger partial charge in [0.05, 0.1) is 11.1 Å². The van der Waals surface area contributed by atoms with Gasteiger partial charge in [0.25, 0.3) is 5.91 Å². The van der Waals surface area contributed by atoms with Crippen LogP contribution in [0.2, 0.25) is 0 Å². The zero-order valence-electron chi connectivity index (χ0n) is 14.5. The minimum atomic E-state index is -4.39. The van der Waals surface area contributed by atoms with Gasteiger partial charge in [0.2, 0.25) is 0 Å². The maximum absolute atomic E-state index is 13.0. The molecule has 1 N–H and O–H groups in total. The number of fused-ring (bicyclic) bond motifs is 3. The Morgan fingerprint density at radius 1 is 1.15 bits per heavy atom. The lowest BCUT2D eigenvalue weighted by Crippen LogP contribution is -2.27. The molecule has 138 valence electrons. The van der Waals surface area contributed by atoms with E-state index >= 15 is 0 Å². The van der Waals surface area contributed by atoms with Gasteiger partial charge in [-0.1, -0.05) is 6.07 Å². The maximum Gasteiger partial charge on any atom is 0.416 e. The number of thiophene rings is 1. The van der Waals surface area contributed by atoms with Gasteiger partial charge >= 0.3 is 6.18 Å². The van der Waals surface area contributed by atoms with Crippen LogP contribution in [0, 0.1) is 0 Å². The Labute approximate surface area is 153 Å². The number of carbonyl (C=O) groups is 1. The quantitative estimate of drug-likeness (QED) is 0.648. The van der Waals surface area contributed by atoms with Gasteiger partial charge in [-0.15, -0.1) is 11.3 Å². The van der Waals surface area contributed by atoms with Crippen LogP contribution in [0.5, 0.6) is 0 Å². The largest absolute Gasteiger partial charge is 0.416 e. The fourth-order valence-electron chi connectivity index (χ4n) is 2.90. The topological polar surface area (TPSA) is 32.3 Å². The molecule has 26 heavy (non-hydrogen) atoms. The average molecular weight is 380 g/mol. The number of benzene rings is 2. The van der Waals surface area contributed by atoms with Crippen LogP contribution >= 0.6 is 11.3 Å². The van der Waals surface area contributed by atoms with Gasteiger partial charge in [-0.05, 0) is 67.5 Å². The van der Waals surface area contributed by atoms with Crippen molar-refractivity contribution in [2.24, 2.45) is 0 Å². The van der Waals surface area contributed by atoms with Gasteiger partial charge in [0, 0.05) is 16.6 Å². The number of halogens is 3. The third kappa shape index (κ3) is 3.83. The van der Waals surface area contributed by atoms with Crippen molar-refractivity contribution in [1.29, 1.82) is 0 Å². The summed E-state index contributed by atoms with van der Waals surface area (Å²) < 4.78 is 39.8. The molecule has 0 saturated carbocycles. The molecule has 0 aliphatic carbocycles. The number of alkyl halides is 3. The van der Waals surface area contributed by atoms with Crippen LogP contribution in [-0.2, 0) is 6.18 Å². The summed E-state index contributed by atoms with van der Waals surface area (Å²) in [5, 5.41) is 6.52. The highest BCUT2D eigenvalue weighted by Crippen LogP contribution is 2.37. The van der Waals surface area contributed by atoms with E-state index in [9.17, 15) is 18.0 Å². The summed E-state index contributed by atoms with van der Waals surface area (Å²) in [5.41, 5.74) is -0.175. The minimum Gasteiger partial charge on any atom is -0.352 e. The van der Waals surface area contributed by atoms with Crippen LogP contribution in [-0.4, -0.2) is 38.0 Å². The molecular formula is C19H19F3N2OS. The van der Waals surface area contributed by atoms with Gasteiger partial charge in [0.1, 0.15) is 0 Å². The molecule has 0 unspecified atom stereocenters. The van der Waals surface area contributed by atoms with Gasteiger partial charge in [0.15, 0.2) is 0 Å². The number of nitrogens with one attached hydrogen (secondary N) is 1. The van der Waals surface area contributed by atoms with Crippen LogP contribution in [0.4, 0.5) is 13.2 Å². The highest BCUT2D eigenvalue weighted by molar-refractivity contribution is 7.17. The highest BCUT2D eigenvalue weighted by atomic mass is 32.1. The lowest BCUT2D eigenvalue weighted by Gasteiger charge is -2.12. The Bertz CT molecular complexity index is 947. The first-order valence-electron chi connectivity index (χ1n) is 8.21. The lowest BCUT2D eigenvalue weighted by molar-refractivity contribution is -0.137. The van der Waals surface area contributed by atoms with Gasteiger partial charge < -0.3 is 10.2 Å². The molecule has 0 fully saturated rings. The number of hydrogen-bond acceptors (Lipinski definition) is 3. The second kappa shape index (κ2) is 7.25. The zero-order chi connectivity index (χ0) is 18.9. The summed E-state index contributed by atoms with van der Waals surface area (Å²) in [6.07, 6.45) is -3.56. The van der Waals surface area contributed by atoms with Gasteiger partial charge in [-0.2, -0.15) is 13.2 Å². The predicted molar refractivity (Wildman–Crippen MR) is 99.8 cm³/mol. The minimum absolute atomic E-state index is 0.196. The van der Waals surface area contributed by atoms with E-state index in [0.717, 1.165) is 25.1 Å². The van der Waals surface area contributed by atoms with Crippen molar-refractivity contribution in [2.45, 2.75) is 12.6 Å². The number of carbonyl (C=O) groups excluding carboxylic acids is 1. The van der Waals surface area contributed by atoms with E-state index in [0.29, 0.717) is 33.0 Å². The van der Waals surface area contributed by atoms with Crippen LogP contribution in [0.15, 0.2) is 35.7 Å². The fourth-order valence-corrected chi connectivity index (χ4v) is 3.83. The standard InChI is InChI=1S/C19H19F3N2OS/c1-24(2)8-3-7-23-18(25)16-10-12-4-5-13(19(20,21)22)11-15(12)14-6-9-26-17(14)16/h4-6,9-11H,3,7-8H2,1-2H3,(H,23,25). The summed E-state index contributed by atoms with van der Waals surface area (Å²) in [4.78, 5) is 14.6. The Balaban J connectivity index is 1.96. The Morgan fingerprint density at radius 3 is 2.62 bits per heavy atom. The first-order chi connectivity index (χ1) is 12.3. The molecule has 3 aromatic rings. The van der Waals surface area contributed by atoms with Crippen LogP contribution in [0.1, 0.15) is 22.3 Å². The third-order valence-corrected chi connectivity index (χ3v) is 5.14. The van der Waals surface area contributed by atoms with Crippen molar-refractivity contribution in [3.63, 3.8) is 0 Å². The van der Waals surface area contributed by atoms with E-state index in [4.69, 9.17) is 0 Å².